The third-order valence-corrected chi connectivity index (χ3v) is 4.94. The van der Waals surface area contributed by atoms with Gasteiger partial charge >= 0.3 is 12.1 Å². The van der Waals surface area contributed by atoms with Crippen LogP contribution in [0.1, 0.15) is 45.1 Å². The first-order valence-corrected chi connectivity index (χ1v) is 8.52. The van der Waals surface area contributed by atoms with Gasteiger partial charge in [-0.1, -0.05) is 30.3 Å². The molecule has 1 aromatic rings. The van der Waals surface area contributed by atoms with Crippen molar-refractivity contribution in [2.75, 3.05) is 19.7 Å². The number of cyclic esters (lactones) is 1. The summed E-state index contributed by atoms with van der Waals surface area (Å²) in [5.41, 5.74) is 0.0327. The first kappa shape index (κ1) is 16.8. The maximum atomic E-state index is 12.5. The molecule has 24 heavy (non-hydrogen) atoms. The zero-order valence-electron chi connectivity index (χ0n) is 14.6. The van der Waals surface area contributed by atoms with E-state index in [4.69, 9.17) is 9.47 Å². The van der Waals surface area contributed by atoms with Crippen molar-refractivity contribution in [1.29, 1.82) is 0 Å². The van der Waals surface area contributed by atoms with Gasteiger partial charge in [0.05, 0.1) is 12.0 Å². The third kappa shape index (κ3) is 3.12. The first-order valence-electron chi connectivity index (χ1n) is 8.52. The number of carbonyl (C=O) groups excluding carboxylic acids is 2. The van der Waals surface area contributed by atoms with Gasteiger partial charge in [0, 0.05) is 19.0 Å². The Hall–Kier alpha value is -2.04. The molecule has 0 N–H and O–H groups in total. The fraction of sp³-hybridized carbons (Fsp3) is 0.579. The van der Waals surface area contributed by atoms with Crippen LogP contribution in [0.5, 0.6) is 0 Å². The number of esters is 1. The van der Waals surface area contributed by atoms with Gasteiger partial charge in [-0.2, -0.15) is 0 Å². The second-order valence-corrected chi connectivity index (χ2v) is 7.68. The van der Waals surface area contributed by atoms with Crippen molar-refractivity contribution >= 4 is 12.1 Å². The Morgan fingerprint density at radius 2 is 1.96 bits per heavy atom. The van der Waals surface area contributed by atoms with Gasteiger partial charge in [0.1, 0.15) is 5.60 Å². The summed E-state index contributed by atoms with van der Waals surface area (Å²) < 4.78 is 10.8. The lowest BCUT2D eigenvalue weighted by molar-refractivity contribution is -0.149. The molecular weight excluding hydrogens is 306 g/mol. The zero-order chi connectivity index (χ0) is 17.4. The Morgan fingerprint density at radius 1 is 1.25 bits per heavy atom. The quantitative estimate of drug-likeness (QED) is 0.741. The largest absolute Gasteiger partial charge is 0.465 e. The Balaban J connectivity index is 1.87. The van der Waals surface area contributed by atoms with E-state index in [1.807, 2.05) is 51.1 Å². The lowest BCUT2D eigenvalue weighted by atomic mass is 9.66. The summed E-state index contributed by atoms with van der Waals surface area (Å²) in [4.78, 5) is 26.7. The number of amides is 1. The highest BCUT2D eigenvalue weighted by molar-refractivity contribution is 5.81. The van der Waals surface area contributed by atoms with Crippen molar-refractivity contribution in [3.63, 3.8) is 0 Å². The monoisotopic (exact) mass is 331 g/mol. The van der Waals surface area contributed by atoms with Gasteiger partial charge in [0.2, 0.25) is 0 Å². The molecular formula is C19H25NO4. The Morgan fingerprint density at radius 3 is 2.54 bits per heavy atom. The van der Waals surface area contributed by atoms with E-state index in [1.54, 1.807) is 4.90 Å². The Kier molecular flexibility index (Phi) is 4.28. The molecule has 0 radical (unpaired) electrons. The molecule has 0 unspecified atom stereocenters. The molecule has 5 nitrogen and oxygen atoms in total. The van der Waals surface area contributed by atoms with Crippen LogP contribution in [0, 0.1) is 5.41 Å². The van der Waals surface area contributed by atoms with Crippen molar-refractivity contribution in [2.24, 2.45) is 5.41 Å². The number of carbonyl (C=O) groups is 2. The number of hydrogen-bond donors (Lipinski definition) is 0. The second kappa shape index (κ2) is 6.11. The van der Waals surface area contributed by atoms with Gasteiger partial charge in [-0.15, -0.1) is 0 Å². The van der Waals surface area contributed by atoms with Gasteiger partial charge < -0.3 is 14.4 Å². The fourth-order valence-corrected chi connectivity index (χ4v) is 3.71. The van der Waals surface area contributed by atoms with Crippen molar-refractivity contribution in [2.45, 2.75) is 45.1 Å². The van der Waals surface area contributed by atoms with E-state index in [1.165, 1.54) is 0 Å². The predicted octanol–water partition coefficient (Wildman–Crippen LogP) is 3.34. The predicted molar refractivity (Wildman–Crippen MR) is 89.6 cm³/mol. The summed E-state index contributed by atoms with van der Waals surface area (Å²) in [5, 5.41) is 0. The summed E-state index contributed by atoms with van der Waals surface area (Å²) in [6.45, 7) is 7.05. The molecule has 2 saturated heterocycles. The first-order chi connectivity index (χ1) is 11.3. The number of hydrogen-bond acceptors (Lipinski definition) is 4. The summed E-state index contributed by atoms with van der Waals surface area (Å²) in [5.74, 6) is -0.185. The fourth-order valence-electron chi connectivity index (χ4n) is 3.71. The summed E-state index contributed by atoms with van der Waals surface area (Å²) in [6.07, 6.45) is 1.02. The van der Waals surface area contributed by atoms with Crippen molar-refractivity contribution in [3.05, 3.63) is 35.9 Å². The van der Waals surface area contributed by atoms with Crippen LogP contribution in [0.4, 0.5) is 4.79 Å². The van der Waals surface area contributed by atoms with Crippen LogP contribution >= 0.6 is 0 Å². The lowest BCUT2D eigenvalue weighted by Gasteiger charge is -2.43. The Labute approximate surface area is 142 Å². The van der Waals surface area contributed by atoms with E-state index >= 15 is 0 Å². The van der Waals surface area contributed by atoms with Crippen LogP contribution in [0.3, 0.4) is 0 Å². The van der Waals surface area contributed by atoms with Crippen LogP contribution in [0.25, 0.3) is 0 Å². The maximum absolute atomic E-state index is 12.5. The Bertz CT molecular complexity index is 622. The van der Waals surface area contributed by atoms with Crippen molar-refractivity contribution in [3.8, 4) is 0 Å². The van der Waals surface area contributed by atoms with Crippen molar-refractivity contribution < 1.29 is 19.1 Å². The van der Waals surface area contributed by atoms with Crippen LogP contribution in [-0.4, -0.2) is 42.3 Å². The van der Waals surface area contributed by atoms with Gasteiger partial charge in [0.25, 0.3) is 0 Å². The van der Waals surface area contributed by atoms with Gasteiger partial charge in [-0.3, -0.25) is 4.79 Å². The molecule has 1 amide bonds. The normalized spacial score (nSPS) is 27.2. The van der Waals surface area contributed by atoms with Crippen LogP contribution < -0.4 is 0 Å². The molecule has 0 saturated carbocycles. The van der Waals surface area contributed by atoms with E-state index in [-0.39, 0.29) is 18.0 Å². The summed E-state index contributed by atoms with van der Waals surface area (Å²) in [7, 11) is 0. The number of piperidine rings is 1. The average molecular weight is 331 g/mol. The van der Waals surface area contributed by atoms with Crippen LogP contribution in [0.2, 0.25) is 0 Å². The van der Waals surface area contributed by atoms with E-state index in [0.717, 1.165) is 5.56 Å². The molecule has 130 valence electrons. The van der Waals surface area contributed by atoms with E-state index in [0.29, 0.717) is 32.5 Å². The van der Waals surface area contributed by atoms with E-state index < -0.39 is 11.0 Å². The molecule has 1 aromatic carbocycles. The molecule has 2 heterocycles. The highest BCUT2D eigenvalue weighted by Gasteiger charge is 2.54. The minimum atomic E-state index is -0.527. The lowest BCUT2D eigenvalue weighted by Crippen LogP contribution is -2.51. The highest BCUT2D eigenvalue weighted by atomic mass is 16.6. The SMILES string of the molecule is CC(C)(C)OC(=O)N1CC[C@]2(CCOC2=O)[C@H](c2ccccc2)C1. The number of likely N-dealkylation sites (tertiary alicyclic amines) is 1. The van der Waals surface area contributed by atoms with Gasteiger partial charge in [0.15, 0.2) is 0 Å². The molecule has 0 bridgehead atoms. The maximum Gasteiger partial charge on any atom is 0.410 e. The topological polar surface area (TPSA) is 55.8 Å². The minimum absolute atomic E-state index is 0.0602. The molecule has 2 fully saturated rings. The molecule has 2 aliphatic rings. The standard InChI is InChI=1S/C19H25NO4/c1-18(2,3)24-17(22)20-11-9-19(10-12-23-16(19)21)15(13-20)14-7-5-4-6-8-14/h4-8,15H,9-13H2,1-3H3/t15-,19-/m0/s1. The molecule has 2 atom stereocenters. The summed E-state index contributed by atoms with van der Waals surface area (Å²) in [6, 6.07) is 9.94. The number of benzene rings is 1. The second-order valence-electron chi connectivity index (χ2n) is 7.68. The number of nitrogens with zero attached hydrogens (tertiary/aromatic N) is 1. The van der Waals surface area contributed by atoms with Crippen molar-refractivity contribution in [1.82, 2.24) is 4.90 Å². The van der Waals surface area contributed by atoms with Crippen LogP contribution in [0.15, 0.2) is 30.3 Å². The highest BCUT2D eigenvalue weighted by Crippen LogP contribution is 2.49. The molecule has 2 aliphatic heterocycles. The van der Waals surface area contributed by atoms with E-state index in [9.17, 15) is 9.59 Å². The third-order valence-electron chi connectivity index (χ3n) is 4.94. The minimum Gasteiger partial charge on any atom is -0.465 e. The zero-order valence-corrected chi connectivity index (χ0v) is 14.6. The molecule has 0 aliphatic carbocycles. The number of ether oxygens (including phenoxy) is 2. The van der Waals surface area contributed by atoms with Gasteiger partial charge in [-0.05, 0) is 39.2 Å². The van der Waals surface area contributed by atoms with E-state index in [2.05, 4.69) is 0 Å². The number of rotatable bonds is 1. The van der Waals surface area contributed by atoms with Gasteiger partial charge in [-0.25, -0.2) is 4.79 Å². The molecule has 3 rings (SSSR count). The molecule has 0 aromatic heterocycles. The molecule has 5 heteroatoms. The summed E-state index contributed by atoms with van der Waals surface area (Å²) >= 11 is 0. The van der Waals surface area contributed by atoms with Crippen LogP contribution in [-0.2, 0) is 14.3 Å². The smallest absolute Gasteiger partial charge is 0.410 e. The molecule has 1 spiro atoms. The average Bonchev–Trinajstić information content (AvgIpc) is 2.88.